The van der Waals surface area contributed by atoms with Crippen molar-refractivity contribution in [3.8, 4) is 0 Å². The third-order valence-corrected chi connectivity index (χ3v) is 3.26. The van der Waals surface area contributed by atoms with Gasteiger partial charge in [0.1, 0.15) is 5.52 Å². The van der Waals surface area contributed by atoms with Gasteiger partial charge in [0.2, 0.25) is 0 Å². The van der Waals surface area contributed by atoms with Crippen LogP contribution < -0.4 is 10.9 Å². The van der Waals surface area contributed by atoms with Crippen LogP contribution in [0.1, 0.15) is 31.7 Å². The normalized spacial score (nSPS) is 12.9. The summed E-state index contributed by atoms with van der Waals surface area (Å²) < 4.78 is 0. The molecule has 0 aliphatic rings. The number of nitrogens with one attached hydrogen (secondary N) is 3. The predicted octanol–water partition coefficient (Wildman–Crippen LogP) is 0.892. The molecule has 104 valence electrons. The summed E-state index contributed by atoms with van der Waals surface area (Å²) in [6.07, 6.45) is 6.34. The number of aliphatic hydroxyl groups is 1. The second-order valence-electron chi connectivity index (χ2n) is 4.67. The van der Waals surface area contributed by atoms with Crippen LogP contribution >= 0.6 is 0 Å². The van der Waals surface area contributed by atoms with Gasteiger partial charge < -0.3 is 20.4 Å². The molecule has 4 N–H and O–H groups in total. The molecule has 0 bridgehead atoms. The fourth-order valence-electron chi connectivity index (χ4n) is 2.10. The van der Waals surface area contributed by atoms with E-state index < -0.39 is 0 Å². The second kappa shape index (κ2) is 6.49. The molecule has 0 amide bonds. The molecule has 1 unspecified atom stereocenters. The summed E-state index contributed by atoms with van der Waals surface area (Å²) in [5.74, 6) is 0. The Hall–Kier alpha value is -1.66. The Labute approximate surface area is 111 Å². The summed E-state index contributed by atoms with van der Waals surface area (Å²) in [5.41, 5.74) is 1.95. The molecule has 6 heteroatoms. The molecule has 0 saturated carbocycles. The molecule has 19 heavy (non-hydrogen) atoms. The van der Waals surface area contributed by atoms with Gasteiger partial charge in [-0.3, -0.25) is 4.79 Å². The van der Waals surface area contributed by atoms with Gasteiger partial charge in [-0.25, -0.2) is 4.98 Å². The summed E-state index contributed by atoms with van der Waals surface area (Å²) in [6, 6.07) is 0.0897. The average Bonchev–Trinajstić information content (AvgIpc) is 2.84. The van der Waals surface area contributed by atoms with Crippen molar-refractivity contribution in [2.24, 2.45) is 0 Å². The van der Waals surface area contributed by atoms with Gasteiger partial charge in [-0.15, -0.1) is 0 Å². The van der Waals surface area contributed by atoms with E-state index in [1.54, 1.807) is 6.20 Å². The lowest BCUT2D eigenvalue weighted by Crippen LogP contribution is -2.31. The number of hydrogen-bond acceptors (Lipinski definition) is 4. The summed E-state index contributed by atoms with van der Waals surface area (Å²) in [4.78, 5) is 21.2. The first-order valence-electron chi connectivity index (χ1n) is 6.64. The third kappa shape index (κ3) is 3.21. The van der Waals surface area contributed by atoms with Crippen LogP contribution in [0, 0.1) is 0 Å². The number of aromatic amines is 2. The molecular formula is C13H20N4O2. The molecule has 0 aliphatic heterocycles. The molecule has 2 aromatic heterocycles. The Balaban J connectivity index is 2.05. The maximum absolute atomic E-state index is 11.5. The molecule has 0 aromatic carbocycles. The highest BCUT2D eigenvalue weighted by molar-refractivity contribution is 5.77. The van der Waals surface area contributed by atoms with Gasteiger partial charge in [0, 0.05) is 24.3 Å². The summed E-state index contributed by atoms with van der Waals surface area (Å²) >= 11 is 0. The first-order chi connectivity index (χ1) is 9.26. The van der Waals surface area contributed by atoms with Crippen molar-refractivity contribution in [1.29, 1.82) is 0 Å². The smallest absolute Gasteiger partial charge is 0.275 e. The third-order valence-electron chi connectivity index (χ3n) is 3.26. The first kappa shape index (κ1) is 13.8. The maximum Gasteiger partial charge on any atom is 0.275 e. The average molecular weight is 264 g/mol. The zero-order valence-electron chi connectivity index (χ0n) is 11.1. The van der Waals surface area contributed by atoms with Crippen LogP contribution in [0.3, 0.4) is 0 Å². The number of unbranched alkanes of at least 4 members (excludes halogenated alkanes) is 1. The molecule has 0 radical (unpaired) electrons. The molecule has 1 atom stereocenters. The Morgan fingerprint density at radius 3 is 3.05 bits per heavy atom. The Kier molecular flexibility index (Phi) is 4.70. The van der Waals surface area contributed by atoms with Gasteiger partial charge in [0.15, 0.2) is 0 Å². The minimum absolute atomic E-state index is 0.0897. The topological polar surface area (TPSA) is 93.8 Å². The molecule has 6 nitrogen and oxygen atoms in total. The molecule has 2 heterocycles. The van der Waals surface area contributed by atoms with E-state index in [0.717, 1.165) is 24.8 Å². The molecule has 2 rings (SSSR count). The quantitative estimate of drug-likeness (QED) is 0.597. The fraction of sp³-hybridized carbons (Fsp3) is 0.538. The molecule has 0 saturated heterocycles. The molecule has 0 spiro atoms. The number of aliphatic hydroxyl groups excluding tert-OH is 1. The van der Waals surface area contributed by atoms with Crippen molar-refractivity contribution < 1.29 is 5.11 Å². The highest BCUT2D eigenvalue weighted by atomic mass is 16.3. The lowest BCUT2D eigenvalue weighted by atomic mass is 10.1. The van der Waals surface area contributed by atoms with Crippen LogP contribution in [-0.2, 0) is 6.54 Å². The number of nitrogens with zero attached hydrogens (tertiary/aromatic N) is 1. The second-order valence-corrected chi connectivity index (χ2v) is 4.67. The van der Waals surface area contributed by atoms with Crippen LogP contribution in [0.5, 0.6) is 0 Å². The molecule has 0 aliphatic carbocycles. The van der Waals surface area contributed by atoms with Gasteiger partial charge in [-0.2, -0.15) is 0 Å². The van der Waals surface area contributed by atoms with Crippen LogP contribution in [0.4, 0.5) is 0 Å². The molecule has 2 aromatic rings. The Morgan fingerprint density at radius 1 is 1.47 bits per heavy atom. The zero-order valence-corrected chi connectivity index (χ0v) is 11.1. The van der Waals surface area contributed by atoms with Crippen LogP contribution in [0.2, 0.25) is 0 Å². The van der Waals surface area contributed by atoms with Gasteiger partial charge in [0.25, 0.3) is 5.56 Å². The van der Waals surface area contributed by atoms with Crippen molar-refractivity contribution in [3.05, 3.63) is 28.4 Å². The molecule has 0 fully saturated rings. The first-order valence-corrected chi connectivity index (χ1v) is 6.64. The van der Waals surface area contributed by atoms with Crippen molar-refractivity contribution in [3.63, 3.8) is 0 Å². The Bertz CT molecular complexity index is 575. The fourth-order valence-corrected chi connectivity index (χ4v) is 2.10. The highest BCUT2D eigenvalue weighted by Gasteiger charge is 2.10. The van der Waals surface area contributed by atoms with Crippen molar-refractivity contribution in [2.75, 3.05) is 6.61 Å². The number of H-pyrrole nitrogens is 2. The lowest BCUT2D eigenvalue weighted by molar-refractivity contribution is 0.232. The summed E-state index contributed by atoms with van der Waals surface area (Å²) in [7, 11) is 0. The monoisotopic (exact) mass is 264 g/mol. The molecular weight excluding hydrogens is 244 g/mol. The zero-order chi connectivity index (χ0) is 13.7. The number of aromatic nitrogens is 3. The van der Waals surface area contributed by atoms with Gasteiger partial charge >= 0.3 is 0 Å². The largest absolute Gasteiger partial charge is 0.395 e. The van der Waals surface area contributed by atoms with Crippen molar-refractivity contribution >= 4 is 11.0 Å². The number of fused-ring (bicyclic) bond motifs is 1. The van der Waals surface area contributed by atoms with E-state index in [1.165, 1.54) is 6.33 Å². The predicted molar refractivity (Wildman–Crippen MR) is 74.0 cm³/mol. The minimum Gasteiger partial charge on any atom is -0.395 e. The van der Waals surface area contributed by atoms with Crippen LogP contribution in [-0.4, -0.2) is 32.7 Å². The summed E-state index contributed by atoms with van der Waals surface area (Å²) in [6.45, 7) is 2.84. The maximum atomic E-state index is 11.5. The number of rotatable bonds is 7. The van der Waals surface area contributed by atoms with E-state index in [2.05, 4.69) is 27.2 Å². The van der Waals surface area contributed by atoms with E-state index in [1.807, 2.05) is 0 Å². The van der Waals surface area contributed by atoms with Crippen molar-refractivity contribution in [2.45, 2.75) is 38.8 Å². The van der Waals surface area contributed by atoms with E-state index >= 15 is 0 Å². The minimum atomic E-state index is -0.166. The van der Waals surface area contributed by atoms with Gasteiger partial charge in [-0.1, -0.05) is 19.8 Å². The Morgan fingerprint density at radius 2 is 2.32 bits per heavy atom. The number of hydrogen-bond donors (Lipinski definition) is 4. The van der Waals surface area contributed by atoms with Crippen LogP contribution in [0.25, 0.3) is 11.0 Å². The summed E-state index contributed by atoms with van der Waals surface area (Å²) in [5, 5.41) is 12.6. The van der Waals surface area contributed by atoms with Crippen molar-refractivity contribution in [1.82, 2.24) is 20.3 Å². The highest BCUT2D eigenvalue weighted by Crippen LogP contribution is 2.11. The van der Waals surface area contributed by atoms with E-state index in [4.69, 9.17) is 0 Å². The lowest BCUT2D eigenvalue weighted by Gasteiger charge is -2.15. The van der Waals surface area contributed by atoms with E-state index in [-0.39, 0.29) is 18.2 Å². The van der Waals surface area contributed by atoms with E-state index in [0.29, 0.717) is 17.6 Å². The van der Waals surface area contributed by atoms with E-state index in [9.17, 15) is 9.90 Å². The van der Waals surface area contributed by atoms with Crippen LogP contribution in [0.15, 0.2) is 17.3 Å². The standard InChI is InChI=1S/C13H20N4O2/c1-2-3-4-10(7-18)14-5-9-6-15-12-11(9)16-8-17-13(12)19/h6,8,10,14-15,18H,2-5,7H2,1H3,(H,16,17,19). The van der Waals surface area contributed by atoms with Gasteiger partial charge in [-0.05, 0) is 6.42 Å². The van der Waals surface area contributed by atoms with Gasteiger partial charge in [0.05, 0.1) is 18.5 Å². The SMILES string of the molecule is CCCCC(CO)NCc1c[nH]c2c(=O)[nH]cnc12.